The maximum absolute atomic E-state index is 5.95. The lowest BCUT2D eigenvalue weighted by molar-refractivity contribution is 0.326. The van der Waals surface area contributed by atoms with Gasteiger partial charge in [0.15, 0.2) is 11.5 Å². The molecule has 0 aliphatic rings. The Labute approximate surface area is 114 Å². The van der Waals surface area contributed by atoms with Gasteiger partial charge in [-0.1, -0.05) is 24.6 Å². The van der Waals surface area contributed by atoms with Crippen LogP contribution in [0.2, 0.25) is 0 Å². The number of benzene rings is 1. The molecule has 1 aromatic carbocycles. The van der Waals surface area contributed by atoms with Crippen molar-refractivity contribution < 1.29 is 9.47 Å². The molecule has 100 valence electrons. The summed E-state index contributed by atoms with van der Waals surface area (Å²) in [7, 11) is 1.62. The molecule has 0 saturated carbocycles. The molecule has 4 heteroatoms. The van der Waals surface area contributed by atoms with Crippen LogP contribution in [0.3, 0.4) is 0 Å². The molecule has 0 fully saturated rings. The Bertz CT molecular complexity index is 393. The van der Waals surface area contributed by atoms with Crippen LogP contribution in [0, 0.1) is 0 Å². The molecule has 0 saturated heterocycles. The summed E-state index contributed by atoms with van der Waals surface area (Å²) < 4.78 is 10.8. The first-order chi connectivity index (χ1) is 8.71. The van der Waals surface area contributed by atoms with Crippen molar-refractivity contribution in [1.29, 1.82) is 0 Å². The van der Waals surface area contributed by atoms with E-state index in [1.165, 1.54) is 5.54 Å². The number of hydrogen-bond acceptors (Lipinski definition) is 3. The summed E-state index contributed by atoms with van der Waals surface area (Å²) in [5, 5.41) is 0. The molecular weight excluding hydrogens is 250 g/mol. The third kappa shape index (κ3) is 4.59. The Balaban J connectivity index is 2.80. The van der Waals surface area contributed by atoms with E-state index in [0.29, 0.717) is 18.1 Å². The highest BCUT2D eigenvalue weighted by Gasteiger charge is 2.07. The monoisotopic (exact) mass is 269 g/mol. The van der Waals surface area contributed by atoms with E-state index in [1.54, 1.807) is 13.2 Å². The molecule has 0 aliphatic heterocycles. The van der Waals surface area contributed by atoms with Gasteiger partial charge >= 0.3 is 0 Å². The number of hydrogen-bond donors (Lipinski definition) is 1. The summed E-state index contributed by atoms with van der Waals surface area (Å²) in [6.45, 7) is 2.50. The van der Waals surface area contributed by atoms with Crippen molar-refractivity contribution >= 4 is 11.6 Å². The molecule has 1 rings (SSSR count). The fraction of sp³-hybridized carbons (Fsp3) is 0.429. The second-order valence-electron chi connectivity index (χ2n) is 4.03. The minimum absolute atomic E-state index is 0.175. The average Bonchev–Trinajstić information content (AvgIpc) is 2.39. The van der Waals surface area contributed by atoms with Gasteiger partial charge in [0.25, 0.3) is 0 Å². The Morgan fingerprint density at radius 2 is 2.17 bits per heavy atom. The summed E-state index contributed by atoms with van der Waals surface area (Å²) in [4.78, 5) is 0. The molecule has 0 heterocycles. The van der Waals surface area contributed by atoms with Crippen LogP contribution in [0.25, 0.3) is 0 Å². The summed E-state index contributed by atoms with van der Waals surface area (Å²) in [5.74, 6) is 1.43. The maximum atomic E-state index is 5.95. The van der Waals surface area contributed by atoms with Gasteiger partial charge in [0.2, 0.25) is 0 Å². The fourth-order valence-electron chi connectivity index (χ4n) is 1.58. The highest BCUT2D eigenvalue weighted by atomic mass is 35.5. The molecular formula is C14H20ClNO2. The van der Waals surface area contributed by atoms with Gasteiger partial charge in [0.05, 0.1) is 7.11 Å². The molecule has 0 spiro atoms. The molecule has 1 aromatic rings. The number of nitrogens with two attached hydrogens (primary N) is 1. The van der Waals surface area contributed by atoms with Gasteiger partial charge in [0, 0.05) is 11.6 Å². The molecule has 1 unspecified atom stereocenters. The zero-order chi connectivity index (χ0) is 13.4. The predicted molar refractivity (Wildman–Crippen MR) is 75.5 cm³/mol. The quantitative estimate of drug-likeness (QED) is 0.827. The lowest BCUT2D eigenvalue weighted by atomic mass is 10.0. The van der Waals surface area contributed by atoms with Gasteiger partial charge < -0.3 is 15.2 Å². The molecule has 0 bridgehead atoms. The van der Waals surface area contributed by atoms with Crippen LogP contribution in [0.5, 0.6) is 11.5 Å². The molecule has 18 heavy (non-hydrogen) atoms. The Morgan fingerprint density at radius 3 is 2.78 bits per heavy atom. The second kappa shape index (κ2) is 8.01. The van der Waals surface area contributed by atoms with E-state index >= 15 is 0 Å². The summed E-state index contributed by atoms with van der Waals surface area (Å²) in [5.41, 5.74) is 8.53. The van der Waals surface area contributed by atoms with Crippen molar-refractivity contribution in [1.82, 2.24) is 0 Å². The van der Waals surface area contributed by atoms with Crippen molar-refractivity contribution in [2.45, 2.75) is 25.8 Å². The van der Waals surface area contributed by atoms with E-state index < -0.39 is 0 Å². The van der Waals surface area contributed by atoms with Crippen LogP contribution in [0.15, 0.2) is 29.8 Å². The standard InChI is InChI=1S/C14H20ClNO2/c1-3-12(16)9-11-5-6-13(17-2)14(10-11)18-8-4-7-15/h4-7,10,12H,3,8-9,16H2,1-2H3/b7-4+. The summed E-state index contributed by atoms with van der Waals surface area (Å²) in [6, 6.07) is 6.06. The Hall–Kier alpha value is -1.19. The molecule has 0 aromatic heterocycles. The van der Waals surface area contributed by atoms with E-state index in [4.69, 9.17) is 26.8 Å². The van der Waals surface area contributed by atoms with Crippen molar-refractivity contribution in [2.75, 3.05) is 13.7 Å². The predicted octanol–water partition coefficient (Wildman–Crippen LogP) is 3.11. The van der Waals surface area contributed by atoms with Gasteiger partial charge in [0.1, 0.15) is 6.61 Å². The maximum Gasteiger partial charge on any atom is 0.161 e. The van der Waals surface area contributed by atoms with Crippen molar-refractivity contribution in [2.24, 2.45) is 5.73 Å². The lowest BCUT2D eigenvalue weighted by Gasteiger charge is -2.13. The lowest BCUT2D eigenvalue weighted by Crippen LogP contribution is -2.21. The van der Waals surface area contributed by atoms with Crippen LogP contribution < -0.4 is 15.2 Å². The van der Waals surface area contributed by atoms with Gasteiger partial charge in [-0.3, -0.25) is 0 Å². The van der Waals surface area contributed by atoms with E-state index in [1.807, 2.05) is 18.2 Å². The topological polar surface area (TPSA) is 44.5 Å². The SMILES string of the molecule is CCC(N)Cc1ccc(OC)c(OC/C=C/Cl)c1. The van der Waals surface area contributed by atoms with Crippen LogP contribution in [-0.2, 0) is 6.42 Å². The molecule has 1 atom stereocenters. The first-order valence-electron chi connectivity index (χ1n) is 6.01. The normalized spacial score (nSPS) is 12.7. The zero-order valence-electron chi connectivity index (χ0n) is 10.9. The first kappa shape index (κ1) is 14.9. The number of ether oxygens (including phenoxy) is 2. The van der Waals surface area contributed by atoms with E-state index in [0.717, 1.165) is 18.4 Å². The molecule has 2 N–H and O–H groups in total. The Kier molecular flexibility index (Phi) is 6.61. The van der Waals surface area contributed by atoms with Crippen molar-refractivity contribution in [3.8, 4) is 11.5 Å². The van der Waals surface area contributed by atoms with Crippen LogP contribution in [0.4, 0.5) is 0 Å². The van der Waals surface area contributed by atoms with Crippen molar-refractivity contribution in [3.05, 3.63) is 35.4 Å². The highest BCUT2D eigenvalue weighted by Crippen LogP contribution is 2.28. The number of methoxy groups -OCH3 is 1. The zero-order valence-corrected chi connectivity index (χ0v) is 11.6. The van der Waals surface area contributed by atoms with Gasteiger partial charge in [-0.15, -0.1) is 0 Å². The largest absolute Gasteiger partial charge is 0.493 e. The van der Waals surface area contributed by atoms with E-state index in [9.17, 15) is 0 Å². The van der Waals surface area contributed by atoms with Crippen LogP contribution in [-0.4, -0.2) is 19.8 Å². The average molecular weight is 270 g/mol. The third-order valence-corrected chi connectivity index (χ3v) is 2.85. The molecule has 0 radical (unpaired) electrons. The minimum Gasteiger partial charge on any atom is -0.493 e. The van der Waals surface area contributed by atoms with Crippen molar-refractivity contribution in [3.63, 3.8) is 0 Å². The smallest absolute Gasteiger partial charge is 0.161 e. The third-order valence-electron chi connectivity index (χ3n) is 2.67. The highest BCUT2D eigenvalue weighted by molar-refractivity contribution is 6.25. The van der Waals surface area contributed by atoms with Gasteiger partial charge in [-0.25, -0.2) is 0 Å². The molecule has 3 nitrogen and oxygen atoms in total. The Morgan fingerprint density at radius 1 is 1.39 bits per heavy atom. The molecule has 0 amide bonds. The van der Waals surface area contributed by atoms with Crippen LogP contribution in [0.1, 0.15) is 18.9 Å². The summed E-state index contributed by atoms with van der Waals surface area (Å²) in [6.07, 6.45) is 3.52. The van der Waals surface area contributed by atoms with Gasteiger partial charge in [-0.05, 0) is 36.6 Å². The summed E-state index contributed by atoms with van der Waals surface area (Å²) >= 11 is 5.45. The number of rotatable bonds is 7. The second-order valence-corrected chi connectivity index (χ2v) is 4.28. The molecule has 0 aliphatic carbocycles. The van der Waals surface area contributed by atoms with Gasteiger partial charge in [-0.2, -0.15) is 0 Å². The van der Waals surface area contributed by atoms with E-state index in [-0.39, 0.29) is 6.04 Å². The fourth-order valence-corrected chi connectivity index (χ4v) is 1.65. The van der Waals surface area contributed by atoms with E-state index in [2.05, 4.69) is 6.92 Å². The number of halogens is 1. The minimum atomic E-state index is 0.175. The van der Waals surface area contributed by atoms with Crippen LogP contribution >= 0.6 is 11.6 Å². The first-order valence-corrected chi connectivity index (χ1v) is 6.45.